The van der Waals surface area contributed by atoms with Crippen molar-refractivity contribution in [1.82, 2.24) is 0 Å². The molecule has 1 unspecified atom stereocenters. The predicted molar refractivity (Wildman–Crippen MR) is 76.4 cm³/mol. The number of hydrogen-bond donors (Lipinski definition) is 0. The van der Waals surface area contributed by atoms with Gasteiger partial charge in [-0.2, -0.15) is 13.2 Å². The first-order valence-corrected chi connectivity index (χ1v) is 6.73. The Hall–Kier alpha value is -2.01. The summed E-state index contributed by atoms with van der Waals surface area (Å²) in [6.07, 6.45) is -4.25. The zero-order valence-electron chi connectivity index (χ0n) is 11.0. The predicted octanol–water partition coefficient (Wildman–Crippen LogP) is 5.48. The SMILES string of the molecule is Fc1ccc(-c2cc(Cl)cc3c2OC(C(F)(F)F)C=C3)cc1. The average Bonchev–Trinajstić information content (AvgIpc) is 2.45. The molecule has 0 amide bonds. The van der Waals surface area contributed by atoms with Crippen LogP contribution in [0.4, 0.5) is 17.6 Å². The van der Waals surface area contributed by atoms with Crippen molar-refractivity contribution >= 4 is 17.7 Å². The first kappa shape index (κ1) is 14.9. The van der Waals surface area contributed by atoms with Crippen LogP contribution in [0, 0.1) is 5.82 Å². The molecule has 0 spiro atoms. The van der Waals surface area contributed by atoms with Gasteiger partial charge in [-0.05, 0) is 35.9 Å². The van der Waals surface area contributed by atoms with Gasteiger partial charge in [-0.15, -0.1) is 0 Å². The smallest absolute Gasteiger partial charge is 0.429 e. The van der Waals surface area contributed by atoms with Gasteiger partial charge in [0.25, 0.3) is 0 Å². The molecule has 114 valence electrons. The Balaban J connectivity index is 2.12. The normalized spacial score (nSPS) is 17.0. The van der Waals surface area contributed by atoms with Gasteiger partial charge >= 0.3 is 6.18 Å². The van der Waals surface area contributed by atoms with Crippen LogP contribution >= 0.6 is 11.6 Å². The Bertz CT molecular complexity index is 735. The van der Waals surface area contributed by atoms with E-state index < -0.39 is 18.1 Å². The highest BCUT2D eigenvalue weighted by Crippen LogP contribution is 2.41. The van der Waals surface area contributed by atoms with E-state index in [9.17, 15) is 17.6 Å². The molecule has 3 rings (SSSR count). The molecule has 0 saturated carbocycles. The van der Waals surface area contributed by atoms with Gasteiger partial charge < -0.3 is 4.74 Å². The standard InChI is InChI=1S/C16H9ClF4O/c17-11-7-10-3-6-14(16(19,20)21)22-15(10)13(8-11)9-1-4-12(18)5-2-9/h1-8,14H. The third-order valence-corrected chi connectivity index (χ3v) is 3.47. The second-order valence-corrected chi connectivity index (χ2v) is 5.25. The van der Waals surface area contributed by atoms with E-state index in [0.29, 0.717) is 21.7 Å². The molecular formula is C16H9ClF4O. The van der Waals surface area contributed by atoms with E-state index in [0.717, 1.165) is 6.08 Å². The molecule has 0 aliphatic carbocycles. The van der Waals surface area contributed by atoms with Crippen molar-refractivity contribution in [2.24, 2.45) is 0 Å². The highest BCUT2D eigenvalue weighted by Gasteiger charge is 2.42. The van der Waals surface area contributed by atoms with Crippen molar-refractivity contribution in [1.29, 1.82) is 0 Å². The second-order valence-electron chi connectivity index (χ2n) is 4.82. The van der Waals surface area contributed by atoms with Crippen LogP contribution in [0.25, 0.3) is 17.2 Å². The summed E-state index contributed by atoms with van der Waals surface area (Å²) < 4.78 is 56.7. The number of halogens is 5. The largest absolute Gasteiger partial charge is 0.476 e. The van der Waals surface area contributed by atoms with E-state index in [1.807, 2.05) is 0 Å². The van der Waals surface area contributed by atoms with Crippen LogP contribution in [0.1, 0.15) is 5.56 Å². The van der Waals surface area contributed by atoms with Crippen LogP contribution in [0.5, 0.6) is 5.75 Å². The van der Waals surface area contributed by atoms with Crippen LogP contribution in [-0.2, 0) is 0 Å². The molecule has 1 nitrogen and oxygen atoms in total. The van der Waals surface area contributed by atoms with Gasteiger partial charge in [-0.1, -0.05) is 29.8 Å². The van der Waals surface area contributed by atoms with E-state index >= 15 is 0 Å². The summed E-state index contributed by atoms with van der Waals surface area (Å²) in [5.41, 5.74) is 1.37. The van der Waals surface area contributed by atoms with Gasteiger partial charge in [0, 0.05) is 16.1 Å². The fourth-order valence-corrected chi connectivity index (χ4v) is 2.47. The van der Waals surface area contributed by atoms with Crippen molar-refractivity contribution < 1.29 is 22.3 Å². The molecule has 22 heavy (non-hydrogen) atoms. The third kappa shape index (κ3) is 2.81. The van der Waals surface area contributed by atoms with Gasteiger partial charge in [0.2, 0.25) is 6.10 Å². The molecule has 0 N–H and O–H groups in total. The molecule has 1 aliphatic rings. The molecule has 6 heteroatoms. The first-order chi connectivity index (χ1) is 10.3. The average molecular weight is 329 g/mol. The van der Waals surface area contributed by atoms with Gasteiger partial charge in [0.05, 0.1) is 0 Å². The molecule has 0 aromatic heterocycles. The molecule has 0 bridgehead atoms. The topological polar surface area (TPSA) is 9.23 Å². The first-order valence-electron chi connectivity index (χ1n) is 6.35. The summed E-state index contributed by atoms with van der Waals surface area (Å²) >= 11 is 6.00. The summed E-state index contributed by atoms with van der Waals surface area (Å²) in [6, 6.07) is 8.40. The zero-order chi connectivity index (χ0) is 15.9. The highest BCUT2D eigenvalue weighted by atomic mass is 35.5. The lowest BCUT2D eigenvalue weighted by Crippen LogP contribution is -2.34. The third-order valence-electron chi connectivity index (χ3n) is 3.26. The maximum absolute atomic E-state index is 13.0. The van der Waals surface area contributed by atoms with E-state index in [1.165, 1.54) is 42.5 Å². The molecule has 1 atom stereocenters. The van der Waals surface area contributed by atoms with E-state index in [-0.39, 0.29) is 5.75 Å². The van der Waals surface area contributed by atoms with Gasteiger partial charge in [-0.3, -0.25) is 0 Å². The lowest BCUT2D eigenvalue weighted by atomic mass is 9.99. The van der Waals surface area contributed by atoms with Gasteiger partial charge in [0.15, 0.2) is 0 Å². The molecule has 2 aromatic rings. The fraction of sp³-hybridized carbons (Fsp3) is 0.125. The lowest BCUT2D eigenvalue weighted by molar-refractivity contribution is -0.180. The molecule has 2 aromatic carbocycles. The molecular weight excluding hydrogens is 320 g/mol. The minimum absolute atomic E-state index is 0.0841. The van der Waals surface area contributed by atoms with E-state index in [1.54, 1.807) is 0 Å². The van der Waals surface area contributed by atoms with E-state index in [2.05, 4.69) is 0 Å². The molecule has 1 heterocycles. The molecule has 1 aliphatic heterocycles. The van der Waals surface area contributed by atoms with E-state index in [4.69, 9.17) is 16.3 Å². The summed E-state index contributed by atoms with van der Waals surface area (Å²) in [4.78, 5) is 0. The summed E-state index contributed by atoms with van der Waals surface area (Å²) in [6.45, 7) is 0. The number of ether oxygens (including phenoxy) is 1. The van der Waals surface area contributed by atoms with Crippen molar-refractivity contribution in [3.05, 3.63) is 58.9 Å². The number of alkyl halides is 3. The minimum Gasteiger partial charge on any atom is -0.476 e. The lowest BCUT2D eigenvalue weighted by Gasteiger charge is -2.25. The Kier molecular flexibility index (Phi) is 3.60. The summed E-state index contributed by atoms with van der Waals surface area (Å²) in [5, 5.41) is 0.358. The summed E-state index contributed by atoms with van der Waals surface area (Å²) in [7, 11) is 0. The van der Waals surface area contributed by atoms with Gasteiger partial charge in [-0.25, -0.2) is 4.39 Å². The van der Waals surface area contributed by atoms with Crippen LogP contribution in [0.15, 0.2) is 42.5 Å². The van der Waals surface area contributed by atoms with Gasteiger partial charge in [0.1, 0.15) is 11.6 Å². The van der Waals surface area contributed by atoms with Crippen molar-refractivity contribution in [2.45, 2.75) is 12.3 Å². The Labute approximate surface area is 128 Å². The maximum Gasteiger partial charge on any atom is 0.429 e. The number of benzene rings is 2. The van der Waals surface area contributed by atoms with Crippen LogP contribution in [0.2, 0.25) is 5.02 Å². The maximum atomic E-state index is 13.0. The number of hydrogen-bond acceptors (Lipinski definition) is 1. The fourth-order valence-electron chi connectivity index (χ4n) is 2.25. The minimum atomic E-state index is -4.51. The number of rotatable bonds is 1. The Morgan fingerprint density at radius 3 is 2.36 bits per heavy atom. The second kappa shape index (κ2) is 5.32. The number of fused-ring (bicyclic) bond motifs is 1. The zero-order valence-corrected chi connectivity index (χ0v) is 11.8. The van der Waals surface area contributed by atoms with Crippen molar-refractivity contribution in [3.8, 4) is 16.9 Å². The molecule has 0 radical (unpaired) electrons. The highest BCUT2D eigenvalue weighted by molar-refractivity contribution is 6.31. The monoisotopic (exact) mass is 328 g/mol. The quantitative estimate of drug-likeness (QED) is 0.630. The van der Waals surface area contributed by atoms with Crippen LogP contribution in [0.3, 0.4) is 0 Å². The van der Waals surface area contributed by atoms with Crippen molar-refractivity contribution in [2.75, 3.05) is 0 Å². The Morgan fingerprint density at radius 1 is 1.05 bits per heavy atom. The summed E-state index contributed by atoms with van der Waals surface area (Å²) in [5.74, 6) is -0.352. The molecule has 0 fully saturated rings. The van der Waals surface area contributed by atoms with Crippen LogP contribution in [-0.4, -0.2) is 12.3 Å². The molecule has 0 saturated heterocycles. The Morgan fingerprint density at radius 2 is 1.73 bits per heavy atom. The van der Waals surface area contributed by atoms with Crippen LogP contribution < -0.4 is 4.74 Å². The van der Waals surface area contributed by atoms with Crippen molar-refractivity contribution in [3.63, 3.8) is 0 Å².